The summed E-state index contributed by atoms with van der Waals surface area (Å²) in [5.41, 5.74) is 1.53. The molecule has 1 saturated heterocycles. The fraction of sp³-hybridized carbons (Fsp3) is 0.200. The number of thiazole rings is 1. The van der Waals surface area contributed by atoms with E-state index < -0.39 is 15.9 Å². The molecule has 2 N–H and O–H groups in total. The highest BCUT2D eigenvalue weighted by Crippen LogP contribution is 2.27. The van der Waals surface area contributed by atoms with Gasteiger partial charge in [-0.25, -0.2) is 18.9 Å². The summed E-state index contributed by atoms with van der Waals surface area (Å²) in [6.07, 6.45) is 4.41. The fourth-order valence-corrected chi connectivity index (χ4v) is 5.62. The first-order valence-corrected chi connectivity index (χ1v) is 11.5. The first-order chi connectivity index (χ1) is 14.5. The molecule has 0 unspecified atom stereocenters. The number of anilines is 1. The van der Waals surface area contributed by atoms with Gasteiger partial charge >= 0.3 is 0 Å². The third kappa shape index (κ3) is 4.21. The van der Waals surface area contributed by atoms with E-state index in [2.05, 4.69) is 4.98 Å². The smallest absolute Gasteiger partial charge is 0.267 e. The van der Waals surface area contributed by atoms with Gasteiger partial charge in [-0.05, 0) is 29.0 Å². The Morgan fingerprint density at radius 3 is 2.57 bits per heavy atom. The molecule has 2 heterocycles. The third-order valence-electron chi connectivity index (χ3n) is 4.89. The lowest BCUT2D eigenvalue weighted by molar-refractivity contribution is -0.124. The molecule has 4 rings (SSSR count). The van der Waals surface area contributed by atoms with Crippen LogP contribution in [0.1, 0.15) is 4.88 Å². The topological polar surface area (TPSA) is 103 Å². The number of aromatic nitrogens is 1. The number of hydroxylamine groups is 1. The maximum atomic E-state index is 13.1. The Morgan fingerprint density at radius 2 is 1.83 bits per heavy atom. The van der Waals surface area contributed by atoms with Crippen LogP contribution in [0.5, 0.6) is 0 Å². The number of piperazine rings is 1. The number of hydrogen-bond acceptors (Lipinski definition) is 7. The quantitative estimate of drug-likeness (QED) is 0.356. The first-order valence-electron chi connectivity index (χ1n) is 9.29. The number of hydrogen-bond donors (Lipinski definition) is 2. The zero-order chi connectivity index (χ0) is 21.1. The standard InChI is InChI=1S/C20H20N4O4S2/c25-19(22-26)8-6-17-14-21-20(29-17)23-9-11-24(12-10-23)30(27,28)18-7-5-15-3-1-2-4-16(15)13-18/h1-8,13-14,26H,9-12H2,(H,22,25)/b8-6-. The summed E-state index contributed by atoms with van der Waals surface area (Å²) >= 11 is 1.40. The van der Waals surface area contributed by atoms with Crippen molar-refractivity contribution in [3.63, 3.8) is 0 Å². The van der Waals surface area contributed by atoms with Crippen LogP contribution >= 0.6 is 11.3 Å². The Hall–Kier alpha value is -2.79. The molecule has 0 saturated carbocycles. The van der Waals surface area contributed by atoms with Crippen LogP contribution in [0.3, 0.4) is 0 Å². The van der Waals surface area contributed by atoms with Gasteiger partial charge in [0.05, 0.1) is 4.90 Å². The maximum absolute atomic E-state index is 13.1. The van der Waals surface area contributed by atoms with Crippen LogP contribution in [0, 0.1) is 0 Å². The van der Waals surface area contributed by atoms with Crippen molar-refractivity contribution in [1.82, 2.24) is 14.8 Å². The van der Waals surface area contributed by atoms with E-state index in [1.54, 1.807) is 24.4 Å². The van der Waals surface area contributed by atoms with Crippen LogP contribution in [-0.2, 0) is 14.8 Å². The van der Waals surface area contributed by atoms with E-state index in [9.17, 15) is 13.2 Å². The largest absolute Gasteiger partial charge is 0.345 e. The van der Waals surface area contributed by atoms with Gasteiger partial charge in [-0.1, -0.05) is 41.7 Å². The molecule has 0 atom stereocenters. The molecule has 1 aliphatic rings. The van der Waals surface area contributed by atoms with Gasteiger partial charge in [0.1, 0.15) is 0 Å². The minimum atomic E-state index is -3.56. The number of rotatable bonds is 5. The maximum Gasteiger partial charge on any atom is 0.267 e. The first kappa shape index (κ1) is 20.5. The highest BCUT2D eigenvalue weighted by atomic mass is 32.2. The van der Waals surface area contributed by atoms with Crippen LogP contribution in [-0.4, -0.2) is 55.0 Å². The van der Waals surface area contributed by atoms with Crippen molar-refractivity contribution in [2.24, 2.45) is 0 Å². The van der Waals surface area contributed by atoms with Crippen LogP contribution in [0.4, 0.5) is 5.13 Å². The van der Waals surface area contributed by atoms with Crippen molar-refractivity contribution in [2.75, 3.05) is 31.1 Å². The number of carbonyl (C=O) groups is 1. The molecule has 156 valence electrons. The predicted molar refractivity (Wildman–Crippen MR) is 116 cm³/mol. The van der Waals surface area contributed by atoms with Crippen molar-refractivity contribution in [3.05, 3.63) is 59.6 Å². The monoisotopic (exact) mass is 444 g/mol. The van der Waals surface area contributed by atoms with Gasteiger partial charge in [0.2, 0.25) is 10.0 Å². The highest BCUT2D eigenvalue weighted by Gasteiger charge is 2.29. The summed E-state index contributed by atoms with van der Waals surface area (Å²) in [6, 6.07) is 12.9. The average molecular weight is 445 g/mol. The molecule has 3 aromatic rings. The van der Waals surface area contributed by atoms with E-state index in [-0.39, 0.29) is 0 Å². The molecule has 1 aromatic heterocycles. The Labute approximate surface area is 178 Å². The Kier molecular flexibility index (Phi) is 5.82. The van der Waals surface area contributed by atoms with Crippen molar-refractivity contribution in [2.45, 2.75) is 4.90 Å². The normalized spacial score (nSPS) is 15.7. The molecule has 0 bridgehead atoms. The summed E-state index contributed by atoms with van der Waals surface area (Å²) in [4.78, 5) is 18.5. The van der Waals surface area contributed by atoms with Crippen molar-refractivity contribution in [3.8, 4) is 0 Å². The minimum absolute atomic E-state index is 0.304. The summed E-state index contributed by atoms with van der Waals surface area (Å²) in [6.45, 7) is 1.79. The van der Waals surface area contributed by atoms with Gasteiger partial charge in [0, 0.05) is 43.3 Å². The van der Waals surface area contributed by atoms with E-state index in [1.807, 2.05) is 35.2 Å². The van der Waals surface area contributed by atoms with E-state index >= 15 is 0 Å². The number of benzene rings is 2. The second kappa shape index (κ2) is 8.52. The van der Waals surface area contributed by atoms with Crippen LogP contribution in [0.15, 0.2) is 59.6 Å². The minimum Gasteiger partial charge on any atom is -0.345 e. The zero-order valence-electron chi connectivity index (χ0n) is 15.9. The third-order valence-corrected chi connectivity index (χ3v) is 7.81. The second-order valence-electron chi connectivity index (χ2n) is 6.75. The molecule has 0 radical (unpaired) electrons. The molecular weight excluding hydrogens is 424 g/mol. The van der Waals surface area contributed by atoms with E-state index in [0.29, 0.717) is 31.1 Å². The van der Waals surface area contributed by atoms with Crippen LogP contribution in [0.25, 0.3) is 16.8 Å². The fourth-order valence-electron chi connectivity index (χ4n) is 3.29. The molecule has 2 aromatic carbocycles. The van der Waals surface area contributed by atoms with Crippen molar-refractivity contribution < 1.29 is 18.4 Å². The number of carbonyl (C=O) groups excluding carboxylic acids is 1. The van der Waals surface area contributed by atoms with Crippen molar-refractivity contribution >= 4 is 49.2 Å². The lowest BCUT2D eigenvalue weighted by Crippen LogP contribution is -2.48. The van der Waals surface area contributed by atoms with Gasteiger partial charge in [0.15, 0.2) is 5.13 Å². The number of fused-ring (bicyclic) bond motifs is 1. The molecular formula is C20H20N4O4S2. The molecule has 0 spiro atoms. The van der Waals surface area contributed by atoms with Gasteiger partial charge in [-0.3, -0.25) is 10.0 Å². The SMILES string of the molecule is O=C(/C=C\c1cnc(N2CCN(S(=O)(=O)c3ccc4ccccc4c3)CC2)s1)NO. The molecule has 0 aliphatic carbocycles. The molecule has 10 heteroatoms. The molecule has 1 aliphatic heterocycles. The van der Waals surface area contributed by atoms with E-state index in [4.69, 9.17) is 5.21 Å². The zero-order valence-corrected chi connectivity index (χ0v) is 17.6. The van der Waals surface area contributed by atoms with Gasteiger partial charge in [-0.2, -0.15) is 4.31 Å². The van der Waals surface area contributed by atoms with Crippen molar-refractivity contribution in [1.29, 1.82) is 0 Å². The highest BCUT2D eigenvalue weighted by molar-refractivity contribution is 7.89. The number of nitrogens with one attached hydrogen (secondary N) is 1. The second-order valence-corrected chi connectivity index (χ2v) is 9.73. The predicted octanol–water partition coefficient (Wildman–Crippen LogP) is 2.33. The lowest BCUT2D eigenvalue weighted by atomic mass is 10.1. The number of sulfonamides is 1. The van der Waals surface area contributed by atoms with Crippen LogP contribution in [0.2, 0.25) is 0 Å². The van der Waals surface area contributed by atoms with Crippen LogP contribution < -0.4 is 10.4 Å². The van der Waals surface area contributed by atoms with Gasteiger partial charge in [-0.15, -0.1) is 0 Å². The van der Waals surface area contributed by atoms with E-state index in [0.717, 1.165) is 20.8 Å². The Balaban J connectivity index is 1.44. The molecule has 8 nitrogen and oxygen atoms in total. The lowest BCUT2D eigenvalue weighted by Gasteiger charge is -2.33. The molecule has 1 amide bonds. The summed E-state index contributed by atoms with van der Waals surface area (Å²) in [5, 5.41) is 11.2. The molecule has 1 fully saturated rings. The summed E-state index contributed by atoms with van der Waals surface area (Å²) in [5.74, 6) is -0.613. The molecule has 30 heavy (non-hydrogen) atoms. The summed E-state index contributed by atoms with van der Waals surface area (Å²) < 4.78 is 27.7. The Bertz CT molecular complexity index is 1200. The average Bonchev–Trinajstić information content (AvgIpc) is 3.26. The van der Waals surface area contributed by atoms with E-state index in [1.165, 1.54) is 27.2 Å². The summed E-state index contributed by atoms with van der Waals surface area (Å²) in [7, 11) is -3.56. The Morgan fingerprint density at radius 1 is 1.10 bits per heavy atom. The van der Waals surface area contributed by atoms with Gasteiger partial charge < -0.3 is 4.90 Å². The number of amides is 1. The van der Waals surface area contributed by atoms with Gasteiger partial charge in [0.25, 0.3) is 5.91 Å². The number of nitrogens with zero attached hydrogens (tertiary/aromatic N) is 3.